The number of hydrogen-bond acceptors (Lipinski definition) is 5. The van der Waals surface area contributed by atoms with Crippen molar-refractivity contribution < 1.29 is 18.7 Å². The Morgan fingerprint density at radius 2 is 1.86 bits per heavy atom. The summed E-state index contributed by atoms with van der Waals surface area (Å²) in [5.74, 6) is 0. The third-order valence-corrected chi connectivity index (χ3v) is 0.872. The van der Waals surface area contributed by atoms with Gasteiger partial charge in [0.1, 0.15) is 0 Å². The van der Waals surface area contributed by atoms with Crippen LogP contribution >= 0.6 is 7.82 Å². The lowest BCUT2D eigenvalue weighted by Crippen LogP contribution is -1.72. The largest absolute Gasteiger partial charge is 0.629 e. The molecule has 0 spiro atoms. The zero-order chi connectivity index (χ0) is 5.33. The van der Waals surface area contributed by atoms with Gasteiger partial charge in [-0.05, 0) is 0 Å². The molecule has 0 unspecified atom stereocenters. The van der Waals surface area contributed by atoms with Crippen molar-refractivity contribution in [2.45, 2.75) is 0 Å². The molecule has 1 aliphatic rings. The van der Waals surface area contributed by atoms with Crippen molar-refractivity contribution in [1.29, 1.82) is 0 Å². The van der Waals surface area contributed by atoms with Crippen LogP contribution in [0.2, 0.25) is 0 Å². The van der Waals surface area contributed by atoms with Gasteiger partial charge in [0.05, 0.1) is 10.6 Å². The van der Waals surface area contributed by atoms with Crippen LogP contribution in [-0.2, 0) is 13.8 Å². The van der Waals surface area contributed by atoms with Crippen LogP contribution in [0.3, 0.4) is 0 Å². The average Bonchev–Trinajstić information content (AvgIpc) is 1.84. The molecule has 0 amide bonds. The van der Waals surface area contributed by atoms with Gasteiger partial charge in [0.2, 0.25) is 0 Å². The maximum absolute atomic E-state index is 9.94. The molecular formula is HN2O4P. The fourth-order valence-electron chi connectivity index (χ4n) is 0.137. The molecule has 0 bridgehead atoms. The van der Waals surface area contributed by atoms with E-state index in [1.54, 1.807) is 0 Å². The Hall–Kier alpha value is -0.610. The van der Waals surface area contributed by atoms with Gasteiger partial charge in [0.15, 0.2) is 0 Å². The first-order chi connectivity index (χ1) is 3.21. The van der Waals surface area contributed by atoms with E-state index in [4.69, 9.17) is 4.89 Å². The van der Waals surface area contributed by atoms with Crippen molar-refractivity contribution >= 4 is 7.82 Å². The van der Waals surface area contributed by atoms with E-state index in [-0.39, 0.29) is 0 Å². The highest BCUT2D eigenvalue weighted by atomic mass is 31.2. The van der Waals surface area contributed by atoms with Crippen LogP contribution in [0.5, 0.6) is 0 Å². The Bertz CT molecular complexity index is 127. The van der Waals surface area contributed by atoms with Gasteiger partial charge in [-0.1, -0.05) is 0 Å². The molecule has 1 aliphatic heterocycles. The molecule has 0 saturated carbocycles. The van der Waals surface area contributed by atoms with Crippen LogP contribution in [0.4, 0.5) is 0 Å². The van der Waals surface area contributed by atoms with Crippen LogP contribution in [0.1, 0.15) is 0 Å². The van der Waals surface area contributed by atoms with E-state index in [0.29, 0.717) is 0 Å². The first-order valence-corrected chi connectivity index (χ1v) is 2.81. The fourth-order valence-corrected chi connectivity index (χ4v) is 0.411. The molecule has 7 heavy (non-hydrogen) atoms. The Kier molecular flexibility index (Phi) is 0.765. The van der Waals surface area contributed by atoms with Gasteiger partial charge in [-0.15, -0.1) is 0 Å². The van der Waals surface area contributed by atoms with Gasteiger partial charge in [-0.2, -0.15) is 0 Å². The fraction of sp³-hybridized carbons (Fsp3) is 0. The predicted octanol–water partition coefficient (Wildman–Crippen LogP) is 0.416. The maximum atomic E-state index is 9.94. The summed E-state index contributed by atoms with van der Waals surface area (Å²) in [5.41, 5.74) is 0. The van der Waals surface area contributed by atoms with Gasteiger partial charge in [0.25, 0.3) is 0 Å². The van der Waals surface area contributed by atoms with Crippen molar-refractivity contribution in [3.8, 4) is 0 Å². The molecule has 0 aromatic carbocycles. The molecule has 7 heteroatoms. The number of nitrogens with zero attached hydrogens (tertiary/aromatic N) is 2. The normalized spacial score (nSPS) is 23.6. The van der Waals surface area contributed by atoms with Crippen molar-refractivity contribution in [2.24, 2.45) is 10.6 Å². The smallest absolute Gasteiger partial charge is 0.280 e. The van der Waals surface area contributed by atoms with E-state index in [9.17, 15) is 4.57 Å². The van der Waals surface area contributed by atoms with E-state index in [2.05, 4.69) is 19.8 Å². The van der Waals surface area contributed by atoms with Crippen LogP contribution in [-0.4, -0.2) is 4.89 Å². The monoisotopic (exact) mass is 124 g/mol. The molecule has 1 heterocycles. The van der Waals surface area contributed by atoms with Crippen molar-refractivity contribution in [2.75, 3.05) is 0 Å². The van der Waals surface area contributed by atoms with Crippen molar-refractivity contribution in [3.05, 3.63) is 0 Å². The quantitative estimate of drug-likeness (QED) is 0.474. The minimum absolute atomic E-state index is 2.63. The second-order valence-electron chi connectivity index (χ2n) is 0.795. The highest BCUT2D eigenvalue weighted by Gasteiger charge is 2.29. The summed E-state index contributed by atoms with van der Waals surface area (Å²) in [4.78, 5) is 8.12. The molecule has 1 N–H and O–H groups in total. The summed E-state index contributed by atoms with van der Waals surface area (Å²) in [7, 11) is -3.88. The van der Waals surface area contributed by atoms with Gasteiger partial charge in [-0.3, -0.25) is 14.1 Å². The lowest BCUT2D eigenvalue weighted by molar-refractivity contribution is 0.231. The molecule has 1 rings (SSSR count). The van der Waals surface area contributed by atoms with Gasteiger partial charge in [0, 0.05) is 0 Å². The third kappa shape index (κ3) is 0.880. The summed E-state index contributed by atoms with van der Waals surface area (Å²) >= 11 is 0. The van der Waals surface area contributed by atoms with E-state index in [0.717, 1.165) is 0 Å². The first-order valence-electron chi connectivity index (χ1n) is 1.31. The molecule has 0 aromatic heterocycles. The number of hydrogen-bond donors (Lipinski definition) is 1. The Balaban J connectivity index is 2.67. The van der Waals surface area contributed by atoms with Gasteiger partial charge < -0.3 is 0 Å². The van der Waals surface area contributed by atoms with E-state index < -0.39 is 7.82 Å². The summed E-state index contributed by atoms with van der Waals surface area (Å²) in [5, 5.41) is 5.25. The maximum Gasteiger partial charge on any atom is 0.629 e. The molecule has 6 nitrogen and oxygen atoms in total. The van der Waals surface area contributed by atoms with Gasteiger partial charge >= 0.3 is 7.82 Å². The number of rotatable bonds is 0. The average molecular weight is 124 g/mol. The van der Waals surface area contributed by atoms with Gasteiger partial charge in [-0.25, -0.2) is 4.57 Å². The van der Waals surface area contributed by atoms with Crippen LogP contribution in [0, 0.1) is 0 Å². The summed E-state index contributed by atoms with van der Waals surface area (Å²) in [6.45, 7) is 0. The number of phosphoric acid groups is 1. The minimum atomic E-state index is -3.88. The zero-order valence-electron chi connectivity index (χ0n) is 3.01. The molecule has 0 saturated heterocycles. The summed E-state index contributed by atoms with van der Waals surface area (Å²) < 4.78 is 17.3. The van der Waals surface area contributed by atoms with Crippen LogP contribution in [0.25, 0.3) is 0 Å². The first kappa shape index (κ1) is 4.55. The Morgan fingerprint density at radius 1 is 1.43 bits per heavy atom. The lowest BCUT2D eigenvalue weighted by Gasteiger charge is -1.89. The Labute approximate surface area is 38.3 Å². The minimum Gasteiger partial charge on any atom is -0.280 e. The molecule has 0 atom stereocenters. The summed E-state index contributed by atoms with van der Waals surface area (Å²) in [6, 6.07) is 0. The topological polar surface area (TPSA) is 80.5 Å². The van der Waals surface area contributed by atoms with E-state index >= 15 is 0 Å². The second kappa shape index (κ2) is 1.18. The SMILES string of the molecule is O=P1(O)ON=NO1. The van der Waals surface area contributed by atoms with E-state index in [1.807, 2.05) is 0 Å². The molecule has 0 fully saturated rings. The zero-order valence-corrected chi connectivity index (χ0v) is 3.91. The Morgan fingerprint density at radius 3 is 2.00 bits per heavy atom. The highest BCUT2D eigenvalue weighted by Crippen LogP contribution is 2.47. The standard InChI is InChI=1S/HN2O4P/c3-7(4)5-1-2-6-7/h(H,3,4). The molecule has 40 valence electrons. The van der Waals surface area contributed by atoms with Crippen LogP contribution < -0.4 is 0 Å². The van der Waals surface area contributed by atoms with Crippen molar-refractivity contribution in [1.82, 2.24) is 0 Å². The molecule has 0 aromatic rings. The second-order valence-corrected chi connectivity index (χ2v) is 2.06. The highest BCUT2D eigenvalue weighted by molar-refractivity contribution is 7.47. The predicted molar refractivity (Wildman–Crippen MR) is 16.9 cm³/mol. The van der Waals surface area contributed by atoms with Crippen LogP contribution in [0.15, 0.2) is 10.6 Å². The third-order valence-electron chi connectivity index (χ3n) is 0.313. The van der Waals surface area contributed by atoms with Crippen molar-refractivity contribution in [3.63, 3.8) is 0 Å². The molecule has 0 aliphatic carbocycles. The molecular weight excluding hydrogens is 123 g/mol. The lowest BCUT2D eigenvalue weighted by atomic mass is 13.0. The van der Waals surface area contributed by atoms with E-state index in [1.165, 1.54) is 0 Å². The summed E-state index contributed by atoms with van der Waals surface area (Å²) in [6.07, 6.45) is 0. The molecule has 0 radical (unpaired) electrons.